The van der Waals surface area contributed by atoms with E-state index >= 15 is 0 Å². The van der Waals surface area contributed by atoms with Gasteiger partial charge in [0.05, 0.1) is 25.3 Å². The zero-order valence-electron chi connectivity index (χ0n) is 14.9. The summed E-state index contributed by atoms with van der Waals surface area (Å²) in [5.41, 5.74) is 3.93. The summed E-state index contributed by atoms with van der Waals surface area (Å²) < 4.78 is 28.4. The Morgan fingerprint density at radius 3 is 2.39 bits per heavy atom. The molecule has 28 heavy (non-hydrogen) atoms. The SMILES string of the molecule is COc1ccc(C(=O)OCC(=O)NNC(=O)c2cc(Cl)ccc2OC)c(F)c1. The maximum absolute atomic E-state index is 13.8. The van der Waals surface area contributed by atoms with Gasteiger partial charge in [0.15, 0.2) is 6.61 Å². The molecule has 0 aromatic heterocycles. The summed E-state index contributed by atoms with van der Waals surface area (Å²) in [7, 11) is 2.72. The molecule has 0 fully saturated rings. The van der Waals surface area contributed by atoms with E-state index in [-0.39, 0.29) is 22.6 Å². The molecule has 0 radical (unpaired) electrons. The highest BCUT2D eigenvalue weighted by Gasteiger charge is 2.17. The van der Waals surface area contributed by atoms with Crippen LogP contribution in [0.15, 0.2) is 36.4 Å². The highest BCUT2D eigenvalue weighted by Crippen LogP contribution is 2.22. The number of methoxy groups -OCH3 is 2. The molecule has 2 aromatic rings. The molecule has 8 nitrogen and oxygen atoms in total. The molecule has 10 heteroatoms. The van der Waals surface area contributed by atoms with Crippen molar-refractivity contribution in [3.05, 3.63) is 58.4 Å². The van der Waals surface area contributed by atoms with Gasteiger partial charge < -0.3 is 14.2 Å². The fourth-order valence-corrected chi connectivity index (χ4v) is 2.26. The average Bonchev–Trinajstić information content (AvgIpc) is 2.69. The van der Waals surface area contributed by atoms with Crippen molar-refractivity contribution < 1.29 is 33.0 Å². The van der Waals surface area contributed by atoms with E-state index in [4.69, 9.17) is 25.8 Å². The second-order valence-electron chi connectivity index (χ2n) is 5.27. The summed E-state index contributed by atoms with van der Waals surface area (Å²) in [6.07, 6.45) is 0. The number of rotatable bonds is 6. The lowest BCUT2D eigenvalue weighted by molar-refractivity contribution is -0.125. The summed E-state index contributed by atoms with van der Waals surface area (Å²) in [6.45, 7) is -0.739. The number of ether oxygens (including phenoxy) is 3. The molecule has 2 amide bonds. The minimum absolute atomic E-state index is 0.0904. The number of amides is 2. The van der Waals surface area contributed by atoms with Crippen molar-refractivity contribution in [2.24, 2.45) is 0 Å². The highest BCUT2D eigenvalue weighted by atomic mass is 35.5. The molecule has 2 aromatic carbocycles. The van der Waals surface area contributed by atoms with Crippen molar-refractivity contribution in [2.45, 2.75) is 0 Å². The zero-order chi connectivity index (χ0) is 20.7. The predicted molar refractivity (Wildman–Crippen MR) is 96.8 cm³/mol. The largest absolute Gasteiger partial charge is 0.497 e. The highest BCUT2D eigenvalue weighted by molar-refractivity contribution is 6.31. The first-order valence-corrected chi connectivity index (χ1v) is 8.17. The molecule has 0 aliphatic heterocycles. The number of hydrazine groups is 1. The molecule has 0 heterocycles. The van der Waals surface area contributed by atoms with Crippen LogP contribution in [-0.2, 0) is 9.53 Å². The second-order valence-corrected chi connectivity index (χ2v) is 5.71. The van der Waals surface area contributed by atoms with Crippen LogP contribution >= 0.6 is 11.6 Å². The van der Waals surface area contributed by atoms with Crippen molar-refractivity contribution in [3.8, 4) is 11.5 Å². The van der Waals surface area contributed by atoms with Crippen LogP contribution in [0.2, 0.25) is 5.02 Å². The molecule has 0 saturated heterocycles. The van der Waals surface area contributed by atoms with Crippen LogP contribution in [0.3, 0.4) is 0 Å². The van der Waals surface area contributed by atoms with E-state index in [1.807, 2.05) is 0 Å². The van der Waals surface area contributed by atoms with Gasteiger partial charge in [-0.05, 0) is 30.3 Å². The van der Waals surface area contributed by atoms with Gasteiger partial charge in [0, 0.05) is 11.1 Å². The lowest BCUT2D eigenvalue weighted by atomic mass is 10.2. The normalized spacial score (nSPS) is 10.0. The van der Waals surface area contributed by atoms with Gasteiger partial charge in [-0.25, -0.2) is 9.18 Å². The van der Waals surface area contributed by atoms with E-state index in [1.165, 1.54) is 44.6 Å². The van der Waals surface area contributed by atoms with Gasteiger partial charge in [-0.1, -0.05) is 11.6 Å². The smallest absolute Gasteiger partial charge is 0.341 e. The van der Waals surface area contributed by atoms with Crippen LogP contribution in [0.1, 0.15) is 20.7 Å². The zero-order valence-corrected chi connectivity index (χ0v) is 15.6. The number of halogens is 2. The van der Waals surface area contributed by atoms with E-state index in [1.54, 1.807) is 0 Å². The maximum Gasteiger partial charge on any atom is 0.341 e. The molecule has 2 N–H and O–H groups in total. The summed E-state index contributed by atoms with van der Waals surface area (Å²) >= 11 is 5.84. The standard InChI is InChI=1S/C18H16ClFN2O6/c1-26-11-4-5-12(14(20)8-11)18(25)28-9-16(23)21-22-17(24)13-7-10(19)3-6-15(13)27-2/h3-8H,9H2,1-2H3,(H,21,23)(H,22,24). The summed E-state index contributed by atoms with van der Waals surface area (Å²) in [5.74, 6) is -2.95. The minimum atomic E-state index is -1.04. The van der Waals surface area contributed by atoms with E-state index in [0.717, 1.165) is 6.07 Å². The molecule has 0 saturated carbocycles. The maximum atomic E-state index is 13.8. The first kappa shape index (κ1) is 21.0. The molecular formula is C18H16ClFN2O6. The van der Waals surface area contributed by atoms with Crippen molar-refractivity contribution >= 4 is 29.4 Å². The Hall–Kier alpha value is -3.33. The number of hydrogen-bond donors (Lipinski definition) is 2. The van der Waals surface area contributed by atoms with E-state index < -0.39 is 30.2 Å². The van der Waals surface area contributed by atoms with Gasteiger partial charge >= 0.3 is 5.97 Å². The number of nitrogens with one attached hydrogen (secondary N) is 2. The summed E-state index contributed by atoms with van der Waals surface area (Å²) in [5, 5.41) is 0.299. The number of carbonyl (C=O) groups is 3. The van der Waals surface area contributed by atoms with Gasteiger partial charge in [-0.3, -0.25) is 20.4 Å². The van der Waals surface area contributed by atoms with Crippen molar-refractivity contribution in [1.82, 2.24) is 10.9 Å². The Morgan fingerprint density at radius 2 is 1.75 bits per heavy atom. The van der Waals surface area contributed by atoms with E-state index in [0.29, 0.717) is 5.02 Å². The molecule has 0 aliphatic carbocycles. The average molecular weight is 411 g/mol. The third kappa shape index (κ3) is 5.34. The van der Waals surface area contributed by atoms with Gasteiger partial charge in [-0.15, -0.1) is 0 Å². The van der Waals surface area contributed by atoms with Crippen molar-refractivity contribution in [3.63, 3.8) is 0 Å². The number of hydrogen-bond acceptors (Lipinski definition) is 6. The van der Waals surface area contributed by atoms with Crippen LogP contribution in [0.25, 0.3) is 0 Å². The third-order valence-corrected chi connectivity index (χ3v) is 3.69. The van der Waals surface area contributed by atoms with Crippen LogP contribution in [0, 0.1) is 5.82 Å². The Balaban J connectivity index is 1.88. The monoisotopic (exact) mass is 410 g/mol. The number of benzene rings is 2. The Bertz CT molecular complexity index is 906. The lowest BCUT2D eigenvalue weighted by Gasteiger charge is -2.11. The second kappa shape index (κ2) is 9.56. The molecule has 148 valence electrons. The molecule has 0 spiro atoms. The topological polar surface area (TPSA) is 103 Å². The van der Waals surface area contributed by atoms with E-state index in [9.17, 15) is 18.8 Å². The van der Waals surface area contributed by atoms with E-state index in [2.05, 4.69) is 10.9 Å². The van der Waals surface area contributed by atoms with Gasteiger partial charge in [-0.2, -0.15) is 0 Å². The predicted octanol–water partition coefficient (Wildman–Crippen LogP) is 2.11. The van der Waals surface area contributed by atoms with Crippen LogP contribution < -0.4 is 20.3 Å². The summed E-state index contributed by atoms with van der Waals surface area (Å²) in [4.78, 5) is 35.7. The molecule has 0 atom stereocenters. The molecule has 0 unspecified atom stereocenters. The van der Waals surface area contributed by atoms with Gasteiger partial charge in [0.2, 0.25) is 0 Å². The molecule has 0 aliphatic rings. The first-order chi connectivity index (χ1) is 13.3. The fraction of sp³-hybridized carbons (Fsp3) is 0.167. The Kier molecular flexibility index (Phi) is 7.16. The lowest BCUT2D eigenvalue weighted by Crippen LogP contribution is -2.43. The summed E-state index contributed by atoms with van der Waals surface area (Å²) in [6, 6.07) is 7.93. The Morgan fingerprint density at radius 1 is 1.00 bits per heavy atom. The van der Waals surface area contributed by atoms with Gasteiger partial charge in [0.25, 0.3) is 11.8 Å². The number of carbonyl (C=O) groups excluding carboxylic acids is 3. The van der Waals surface area contributed by atoms with Crippen molar-refractivity contribution in [1.29, 1.82) is 0 Å². The Labute approximate surface area is 164 Å². The van der Waals surface area contributed by atoms with Crippen molar-refractivity contribution in [2.75, 3.05) is 20.8 Å². The first-order valence-electron chi connectivity index (χ1n) is 7.79. The quantitative estimate of drug-likeness (QED) is 0.558. The van der Waals surface area contributed by atoms with Crippen LogP contribution in [-0.4, -0.2) is 38.6 Å². The van der Waals surface area contributed by atoms with Crippen LogP contribution in [0.5, 0.6) is 11.5 Å². The third-order valence-electron chi connectivity index (χ3n) is 3.45. The minimum Gasteiger partial charge on any atom is -0.497 e. The van der Waals surface area contributed by atoms with Crippen LogP contribution in [0.4, 0.5) is 4.39 Å². The number of esters is 1. The molecule has 2 rings (SSSR count). The fourth-order valence-electron chi connectivity index (χ4n) is 2.08. The molecule has 0 bridgehead atoms. The molecular weight excluding hydrogens is 395 g/mol. The van der Waals surface area contributed by atoms with Gasteiger partial charge in [0.1, 0.15) is 17.3 Å².